The lowest BCUT2D eigenvalue weighted by Crippen LogP contribution is -1.98. The molecule has 0 bridgehead atoms. The van der Waals surface area contributed by atoms with Crippen molar-refractivity contribution < 1.29 is 14.3 Å². The Morgan fingerprint density at radius 2 is 1.79 bits per heavy atom. The van der Waals surface area contributed by atoms with Crippen LogP contribution in [0.4, 0.5) is 0 Å². The largest absolute Gasteiger partial charge is 0.489 e. The normalized spacial score (nSPS) is 14.3. The molecule has 1 aliphatic rings. The number of fused-ring (bicyclic) bond motifs is 1. The summed E-state index contributed by atoms with van der Waals surface area (Å²) >= 11 is 6.02. The highest BCUT2D eigenvalue weighted by molar-refractivity contribution is 6.30. The third kappa shape index (κ3) is 4.25. The summed E-state index contributed by atoms with van der Waals surface area (Å²) in [6.45, 7) is 2.32. The molecule has 0 unspecified atom stereocenters. The van der Waals surface area contributed by atoms with Crippen molar-refractivity contribution >= 4 is 29.5 Å². The SMILES string of the molecule is Cc1c(OC/C=C/c2ccccc2)ccc2c1O/C(=C\c1cccc(Cl)c1)C2=O. The van der Waals surface area contributed by atoms with Gasteiger partial charge in [0.1, 0.15) is 18.1 Å². The van der Waals surface area contributed by atoms with Gasteiger partial charge in [-0.3, -0.25) is 4.79 Å². The van der Waals surface area contributed by atoms with E-state index in [4.69, 9.17) is 21.1 Å². The van der Waals surface area contributed by atoms with Crippen LogP contribution in [0.5, 0.6) is 11.5 Å². The van der Waals surface area contributed by atoms with E-state index in [1.54, 1.807) is 24.3 Å². The Morgan fingerprint density at radius 3 is 2.59 bits per heavy atom. The molecule has 0 aliphatic carbocycles. The van der Waals surface area contributed by atoms with Crippen LogP contribution in [-0.2, 0) is 0 Å². The Balaban J connectivity index is 1.50. The summed E-state index contributed by atoms with van der Waals surface area (Å²) in [7, 11) is 0. The molecule has 0 amide bonds. The third-order valence-electron chi connectivity index (χ3n) is 4.63. The van der Waals surface area contributed by atoms with Crippen LogP contribution in [0.3, 0.4) is 0 Å². The summed E-state index contributed by atoms with van der Waals surface area (Å²) in [5.41, 5.74) is 3.28. The molecule has 4 heteroatoms. The fourth-order valence-electron chi connectivity index (χ4n) is 3.16. The second-order valence-corrected chi connectivity index (χ2v) is 7.12. The smallest absolute Gasteiger partial charge is 0.231 e. The van der Waals surface area contributed by atoms with E-state index in [-0.39, 0.29) is 11.5 Å². The second kappa shape index (κ2) is 8.38. The maximum Gasteiger partial charge on any atom is 0.231 e. The fourth-order valence-corrected chi connectivity index (χ4v) is 3.36. The lowest BCUT2D eigenvalue weighted by Gasteiger charge is -2.10. The summed E-state index contributed by atoms with van der Waals surface area (Å²) in [6, 6.07) is 20.9. The number of halogens is 1. The lowest BCUT2D eigenvalue weighted by atomic mass is 10.1. The molecule has 3 aromatic carbocycles. The number of ketones is 1. The highest BCUT2D eigenvalue weighted by Crippen LogP contribution is 2.39. The zero-order chi connectivity index (χ0) is 20.2. The first-order valence-corrected chi connectivity index (χ1v) is 9.67. The molecule has 0 fully saturated rings. The zero-order valence-corrected chi connectivity index (χ0v) is 16.6. The number of hydrogen-bond donors (Lipinski definition) is 0. The second-order valence-electron chi connectivity index (χ2n) is 6.68. The first-order valence-electron chi connectivity index (χ1n) is 9.29. The van der Waals surface area contributed by atoms with Crippen LogP contribution < -0.4 is 9.47 Å². The van der Waals surface area contributed by atoms with Crippen LogP contribution in [0.15, 0.2) is 78.6 Å². The topological polar surface area (TPSA) is 35.5 Å². The molecule has 3 nitrogen and oxygen atoms in total. The van der Waals surface area contributed by atoms with Gasteiger partial charge in [0.2, 0.25) is 5.78 Å². The monoisotopic (exact) mass is 402 g/mol. The highest BCUT2D eigenvalue weighted by atomic mass is 35.5. The summed E-state index contributed by atoms with van der Waals surface area (Å²) in [6.07, 6.45) is 5.67. The van der Waals surface area contributed by atoms with Gasteiger partial charge in [0.25, 0.3) is 0 Å². The molecule has 29 heavy (non-hydrogen) atoms. The van der Waals surface area contributed by atoms with Crippen LogP contribution in [0, 0.1) is 6.92 Å². The van der Waals surface area contributed by atoms with Gasteiger partial charge >= 0.3 is 0 Å². The molecule has 4 rings (SSSR count). The molecular formula is C25H19ClO3. The van der Waals surface area contributed by atoms with Gasteiger partial charge in [-0.2, -0.15) is 0 Å². The molecule has 3 aromatic rings. The van der Waals surface area contributed by atoms with E-state index < -0.39 is 0 Å². The van der Waals surface area contributed by atoms with Gasteiger partial charge < -0.3 is 9.47 Å². The number of Topliss-reactive ketones (excluding diaryl/α,β-unsaturated/α-hetero) is 1. The van der Waals surface area contributed by atoms with E-state index in [0.29, 0.717) is 28.7 Å². The molecule has 0 saturated carbocycles. The van der Waals surface area contributed by atoms with E-state index in [0.717, 1.165) is 16.7 Å². The number of ether oxygens (including phenoxy) is 2. The molecule has 0 radical (unpaired) electrons. The molecule has 1 heterocycles. The number of carbonyl (C=O) groups excluding carboxylic acids is 1. The van der Waals surface area contributed by atoms with Crippen molar-refractivity contribution in [1.82, 2.24) is 0 Å². The molecule has 0 atom stereocenters. The van der Waals surface area contributed by atoms with Crippen LogP contribution in [-0.4, -0.2) is 12.4 Å². The molecular weight excluding hydrogens is 384 g/mol. The Labute approximate surface area is 174 Å². The minimum absolute atomic E-state index is 0.140. The van der Waals surface area contributed by atoms with Crippen LogP contribution >= 0.6 is 11.6 Å². The minimum Gasteiger partial charge on any atom is -0.489 e. The Kier molecular flexibility index (Phi) is 5.50. The number of hydrogen-bond acceptors (Lipinski definition) is 3. The summed E-state index contributed by atoms with van der Waals surface area (Å²) in [5.74, 6) is 1.39. The van der Waals surface area contributed by atoms with Gasteiger partial charge in [0.05, 0.1) is 5.56 Å². The average molecular weight is 403 g/mol. The van der Waals surface area contributed by atoms with Crippen molar-refractivity contribution in [1.29, 1.82) is 0 Å². The Morgan fingerprint density at radius 1 is 1.00 bits per heavy atom. The highest BCUT2D eigenvalue weighted by Gasteiger charge is 2.30. The number of benzene rings is 3. The maximum absolute atomic E-state index is 12.7. The summed E-state index contributed by atoms with van der Waals surface area (Å²) in [5, 5.41) is 0.609. The lowest BCUT2D eigenvalue weighted by molar-refractivity contribution is 0.101. The van der Waals surface area contributed by atoms with Crippen molar-refractivity contribution in [3.05, 3.63) is 106 Å². The number of rotatable bonds is 5. The standard InChI is InChI=1S/C25H19ClO3/c1-17-22(28-14-6-10-18-7-3-2-4-8-18)13-12-21-24(27)23(29-25(17)21)16-19-9-5-11-20(26)15-19/h2-13,15-16H,14H2,1H3/b10-6+,23-16-. The van der Waals surface area contributed by atoms with E-state index in [1.807, 2.05) is 67.6 Å². The quantitative estimate of drug-likeness (QED) is 0.466. The molecule has 0 spiro atoms. The van der Waals surface area contributed by atoms with Gasteiger partial charge in [-0.15, -0.1) is 0 Å². The average Bonchev–Trinajstić information content (AvgIpc) is 3.04. The predicted octanol–water partition coefficient (Wildman–Crippen LogP) is 6.36. The van der Waals surface area contributed by atoms with Gasteiger partial charge in [-0.25, -0.2) is 0 Å². The van der Waals surface area contributed by atoms with Crippen molar-refractivity contribution in [3.8, 4) is 11.5 Å². The van der Waals surface area contributed by atoms with E-state index >= 15 is 0 Å². The van der Waals surface area contributed by atoms with Crippen molar-refractivity contribution in [2.45, 2.75) is 6.92 Å². The van der Waals surface area contributed by atoms with Crippen LogP contribution in [0.2, 0.25) is 5.02 Å². The Bertz CT molecular complexity index is 1110. The Hall–Kier alpha value is -3.30. The van der Waals surface area contributed by atoms with Crippen LogP contribution in [0.1, 0.15) is 27.0 Å². The molecule has 0 saturated heterocycles. The predicted molar refractivity (Wildman–Crippen MR) is 117 cm³/mol. The van der Waals surface area contributed by atoms with Gasteiger partial charge in [-0.1, -0.05) is 60.1 Å². The third-order valence-corrected chi connectivity index (χ3v) is 4.86. The van der Waals surface area contributed by atoms with E-state index in [2.05, 4.69) is 0 Å². The number of allylic oxidation sites excluding steroid dienone is 1. The molecule has 1 aliphatic heterocycles. The zero-order valence-electron chi connectivity index (χ0n) is 15.9. The van der Waals surface area contributed by atoms with E-state index in [9.17, 15) is 4.79 Å². The summed E-state index contributed by atoms with van der Waals surface area (Å²) in [4.78, 5) is 12.7. The van der Waals surface area contributed by atoms with E-state index in [1.165, 1.54) is 0 Å². The molecule has 144 valence electrons. The van der Waals surface area contributed by atoms with Crippen molar-refractivity contribution in [2.24, 2.45) is 0 Å². The molecule has 0 N–H and O–H groups in total. The molecule has 0 aromatic heterocycles. The fraction of sp³-hybridized carbons (Fsp3) is 0.0800. The van der Waals surface area contributed by atoms with Crippen molar-refractivity contribution in [3.63, 3.8) is 0 Å². The van der Waals surface area contributed by atoms with Gasteiger partial charge in [0, 0.05) is 10.6 Å². The summed E-state index contributed by atoms with van der Waals surface area (Å²) < 4.78 is 11.8. The van der Waals surface area contributed by atoms with Gasteiger partial charge in [0.15, 0.2) is 5.76 Å². The van der Waals surface area contributed by atoms with Crippen molar-refractivity contribution in [2.75, 3.05) is 6.61 Å². The first-order chi connectivity index (χ1) is 14.1. The maximum atomic E-state index is 12.7. The van der Waals surface area contributed by atoms with Gasteiger partial charge in [-0.05, 0) is 54.5 Å². The first kappa shape index (κ1) is 19.0. The number of carbonyl (C=O) groups is 1. The van der Waals surface area contributed by atoms with Crippen LogP contribution in [0.25, 0.3) is 12.2 Å². The minimum atomic E-state index is -0.140.